The summed E-state index contributed by atoms with van der Waals surface area (Å²) < 4.78 is 32.2. The molecule has 1 atom stereocenters. The van der Waals surface area contributed by atoms with E-state index in [1.54, 1.807) is 20.2 Å². The van der Waals surface area contributed by atoms with Crippen molar-refractivity contribution in [1.82, 2.24) is 9.21 Å². The highest BCUT2D eigenvalue weighted by molar-refractivity contribution is 7.89. The lowest BCUT2D eigenvalue weighted by Crippen LogP contribution is -2.42. The Bertz CT molecular complexity index is 857. The third kappa shape index (κ3) is 4.96. The Balaban J connectivity index is 2.01. The molecule has 0 aromatic heterocycles. The number of hydrogen-bond acceptors (Lipinski definition) is 6. The van der Waals surface area contributed by atoms with Crippen LogP contribution in [0.25, 0.3) is 0 Å². The summed E-state index contributed by atoms with van der Waals surface area (Å²) in [6.45, 7) is 3.23. The lowest BCUT2D eigenvalue weighted by Gasteiger charge is -2.30. The molecule has 0 spiro atoms. The van der Waals surface area contributed by atoms with Crippen LogP contribution in [0.15, 0.2) is 29.2 Å². The highest BCUT2D eigenvalue weighted by atomic mass is 32.2. The second-order valence-corrected chi connectivity index (χ2v) is 9.01. The second-order valence-electron chi connectivity index (χ2n) is 7.07. The number of rotatable bonds is 6. The van der Waals surface area contributed by atoms with Gasteiger partial charge >= 0.3 is 5.97 Å². The summed E-state index contributed by atoms with van der Waals surface area (Å²) in [5, 5.41) is 0. The van der Waals surface area contributed by atoms with Crippen LogP contribution in [-0.4, -0.2) is 68.6 Å². The van der Waals surface area contributed by atoms with Gasteiger partial charge in [-0.05, 0) is 38.8 Å². The standard InChI is InChI=1S/C19H26N2O6S/c1-13(22)16-6-5-7-17(12-16)28(25,26)21-10-8-15(9-11-21)19(24)27-14(2)18(23)20(3)4/h5-7,12,14-15H,8-11H2,1-4H3/t14-/m0/s1. The number of ether oxygens (including phenoxy) is 1. The van der Waals surface area contributed by atoms with Crippen molar-refractivity contribution in [3.8, 4) is 0 Å². The molecule has 2 rings (SSSR count). The number of hydrogen-bond donors (Lipinski definition) is 0. The summed E-state index contributed by atoms with van der Waals surface area (Å²) in [5.74, 6) is -1.45. The summed E-state index contributed by atoms with van der Waals surface area (Å²) in [4.78, 5) is 37.0. The number of carbonyl (C=O) groups excluding carboxylic acids is 3. The number of amides is 1. The molecule has 9 heteroatoms. The molecule has 1 aromatic rings. The molecule has 1 heterocycles. The van der Waals surface area contributed by atoms with Crippen molar-refractivity contribution in [1.29, 1.82) is 0 Å². The average Bonchev–Trinajstić information content (AvgIpc) is 2.67. The summed E-state index contributed by atoms with van der Waals surface area (Å²) in [6.07, 6.45) is -0.251. The Kier molecular flexibility index (Phi) is 6.95. The first-order valence-electron chi connectivity index (χ1n) is 9.07. The van der Waals surface area contributed by atoms with Gasteiger partial charge in [-0.15, -0.1) is 0 Å². The first-order valence-corrected chi connectivity index (χ1v) is 10.5. The predicted molar refractivity (Wildman–Crippen MR) is 102 cm³/mol. The molecule has 1 amide bonds. The van der Waals surface area contributed by atoms with Crippen LogP contribution < -0.4 is 0 Å². The van der Waals surface area contributed by atoms with Crippen LogP contribution in [0.1, 0.15) is 37.0 Å². The average molecular weight is 410 g/mol. The number of esters is 1. The molecule has 0 saturated carbocycles. The smallest absolute Gasteiger partial charge is 0.309 e. The maximum Gasteiger partial charge on any atom is 0.309 e. The van der Waals surface area contributed by atoms with Gasteiger partial charge in [-0.25, -0.2) is 8.42 Å². The van der Waals surface area contributed by atoms with Gasteiger partial charge < -0.3 is 9.64 Å². The third-order valence-corrected chi connectivity index (χ3v) is 6.64. The van der Waals surface area contributed by atoms with Crippen LogP contribution >= 0.6 is 0 Å². The minimum absolute atomic E-state index is 0.0615. The molecule has 0 bridgehead atoms. The molecule has 154 valence electrons. The fourth-order valence-corrected chi connectivity index (χ4v) is 4.56. The SMILES string of the molecule is CC(=O)c1cccc(S(=O)(=O)N2CCC(C(=O)O[C@@H](C)C(=O)N(C)C)CC2)c1. The topological polar surface area (TPSA) is 101 Å². The van der Waals surface area contributed by atoms with Crippen LogP contribution in [0.3, 0.4) is 0 Å². The van der Waals surface area contributed by atoms with Gasteiger partial charge in [0.2, 0.25) is 10.0 Å². The zero-order chi connectivity index (χ0) is 21.1. The van der Waals surface area contributed by atoms with Crippen molar-refractivity contribution in [3.05, 3.63) is 29.8 Å². The Morgan fingerprint density at radius 3 is 2.32 bits per heavy atom. The molecule has 28 heavy (non-hydrogen) atoms. The van der Waals surface area contributed by atoms with E-state index in [-0.39, 0.29) is 29.7 Å². The molecule has 8 nitrogen and oxygen atoms in total. The normalized spacial score (nSPS) is 17.0. The van der Waals surface area contributed by atoms with Crippen LogP contribution in [0.2, 0.25) is 0 Å². The highest BCUT2D eigenvalue weighted by Crippen LogP contribution is 2.25. The van der Waals surface area contributed by atoms with Crippen LogP contribution in [0.4, 0.5) is 0 Å². The van der Waals surface area contributed by atoms with Gasteiger partial charge in [0.15, 0.2) is 11.9 Å². The Morgan fingerprint density at radius 2 is 1.79 bits per heavy atom. The number of carbonyl (C=O) groups is 3. The fraction of sp³-hybridized carbons (Fsp3) is 0.526. The van der Waals surface area contributed by atoms with Gasteiger partial charge in [0, 0.05) is 32.7 Å². The van der Waals surface area contributed by atoms with Crippen molar-refractivity contribution < 1.29 is 27.5 Å². The minimum Gasteiger partial charge on any atom is -0.452 e. The summed E-state index contributed by atoms with van der Waals surface area (Å²) in [5.41, 5.74) is 0.332. The predicted octanol–water partition coefficient (Wildman–Crippen LogP) is 1.31. The third-order valence-electron chi connectivity index (χ3n) is 4.75. The number of benzene rings is 1. The van der Waals surface area contributed by atoms with Gasteiger partial charge in [0.1, 0.15) is 0 Å². The van der Waals surface area contributed by atoms with E-state index in [1.165, 1.54) is 41.3 Å². The molecular weight excluding hydrogens is 384 g/mol. The second kappa shape index (κ2) is 8.83. The monoisotopic (exact) mass is 410 g/mol. The summed E-state index contributed by atoms with van der Waals surface area (Å²) in [7, 11) is -0.586. The first kappa shape index (κ1) is 22.0. The van der Waals surface area contributed by atoms with Crippen molar-refractivity contribution in [2.45, 2.75) is 37.7 Å². The molecule has 0 N–H and O–H groups in total. The van der Waals surface area contributed by atoms with Gasteiger partial charge in [-0.3, -0.25) is 14.4 Å². The Hall–Kier alpha value is -2.26. The number of Topliss-reactive ketones (excluding diaryl/α,β-unsaturated/α-hetero) is 1. The lowest BCUT2D eigenvalue weighted by molar-refractivity contribution is -0.162. The lowest BCUT2D eigenvalue weighted by atomic mass is 9.98. The summed E-state index contributed by atoms with van der Waals surface area (Å²) >= 11 is 0. The molecule has 0 radical (unpaired) electrons. The first-order chi connectivity index (χ1) is 13.0. The fourth-order valence-electron chi connectivity index (χ4n) is 3.04. The Labute approximate surface area is 165 Å². The van der Waals surface area contributed by atoms with E-state index in [0.29, 0.717) is 18.4 Å². The zero-order valence-corrected chi connectivity index (χ0v) is 17.4. The van der Waals surface area contributed by atoms with E-state index >= 15 is 0 Å². The van der Waals surface area contributed by atoms with Crippen molar-refractivity contribution in [2.75, 3.05) is 27.2 Å². The van der Waals surface area contributed by atoms with Gasteiger partial charge in [-0.1, -0.05) is 12.1 Å². The van der Waals surface area contributed by atoms with Gasteiger partial charge in [-0.2, -0.15) is 4.31 Å². The summed E-state index contributed by atoms with van der Waals surface area (Å²) in [6, 6.07) is 5.93. The van der Waals surface area contributed by atoms with E-state index in [9.17, 15) is 22.8 Å². The van der Waals surface area contributed by atoms with Crippen LogP contribution in [0, 0.1) is 5.92 Å². The molecule has 1 fully saturated rings. The number of likely N-dealkylation sites (N-methyl/N-ethyl adjacent to an activating group) is 1. The van der Waals surface area contributed by atoms with E-state index in [1.807, 2.05) is 0 Å². The van der Waals surface area contributed by atoms with Gasteiger partial charge in [0.25, 0.3) is 5.91 Å². The van der Waals surface area contributed by atoms with E-state index < -0.39 is 28.0 Å². The van der Waals surface area contributed by atoms with Crippen molar-refractivity contribution in [2.24, 2.45) is 5.92 Å². The van der Waals surface area contributed by atoms with Crippen LogP contribution in [0.5, 0.6) is 0 Å². The molecule has 1 saturated heterocycles. The molecule has 1 aliphatic heterocycles. The maximum absolute atomic E-state index is 12.8. The van der Waals surface area contributed by atoms with Gasteiger partial charge in [0.05, 0.1) is 10.8 Å². The van der Waals surface area contributed by atoms with Crippen LogP contribution in [-0.2, 0) is 24.3 Å². The molecule has 0 unspecified atom stereocenters. The molecule has 1 aliphatic rings. The largest absolute Gasteiger partial charge is 0.452 e. The number of ketones is 1. The number of sulfonamides is 1. The molecule has 1 aromatic carbocycles. The maximum atomic E-state index is 12.8. The zero-order valence-electron chi connectivity index (χ0n) is 16.5. The van der Waals surface area contributed by atoms with E-state index in [0.717, 1.165) is 0 Å². The molecule has 0 aliphatic carbocycles. The van der Waals surface area contributed by atoms with E-state index in [2.05, 4.69) is 0 Å². The number of nitrogens with zero attached hydrogens (tertiary/aromatic N) is 2. The molecular formula is C19H26N2O6S. The number of piperidine rings is 1. The minimum atomic E-state index is -3.75. The highest BCUT2D eigenvalue weighted by Gasteiger charge is 2.34. The van der Waals surface area contributed by atoms with E-state index in [4.69, 9.17) is 4.74 Å². The Morgan fingerprint density at radius 1 is 1.18 bits per heavy atom. The van der Waals surface area contributed by atoms with Crippen molar-refractivity contribution in [3.63, 3.8) is 0 Å². The quantitative estimate of drug-likeness (QED) is 0.518. The van der Waals surface area contributed by atoms with Crippen molar-refractivity contribution >= 4 is 27.7 Å².